The van der Waals surface area contributed by atoms with Gasteiger partial charge in [-0.25, -0.2) is 13.8 Å². The van der Waals surface area contributed by atoms with Gasteiger partial charge in [-0.1, -0.05) is 27.7 Å². The third-order valence-corrected chi connectivity index (χ3v) is 3.00. The number of carbonyl (C=O) groups is 4. The average molecular weight is 698 g/mol. The van der Waals surface area contributed by atoms with Crippen LogP contribution in [-0.4, -0.2) is 109 Å². The number of aliphatic hydroxyl groups is 5. The second-order valence-corrected chi connectivity index (χ2v) is 8.17. The Kier molecular flexibility index (Phi) is 96.0. The molecule has 23 heteroatoms. The molecular formula is C19H47Cl2N4NaO15S. The zero-order chi connectivity index (χ0) is 34.4. The Bertz CT molecular complexity index is 568. The van der Waals surface area contributed by atoms with E-state index in [2.05, 4.69) is 31.8 Å². The van der Waals surface area contributed by atoms with Crippen LogP contribution in [0.3, 0.4) is 0 Å². The first kappa shape index (κ1) is 68.1. The summed E-state index contributed by atoms with van der Waals surface area (Å²) in [6, 6.07) is -0.681. The van der Waals surface area contributed by atoms with E-state index in [1.165, 1.54) is 7.11 Å². The minimum absolute atomic E-state index is 0. The zero-order valence-electron chi connectivity index (χ0n) is 25.0. The molecule has 4 atom stereocenters. The van der Waals surface area contributed by atoms with Crippen molar-refractivity contribution in [1.29, 1.82) is 0 Å². The van der Waals surface area contributed by atoms with Crippen LogP contribution in [-0.2, 0) is 33.1 Å². The van der Waals surface area contributed by atoms with Crippen molar-refractivity contribution in [3.05, 3.63) is 10.1 Å². The normalized spacial score (nSPS) is 10.6. The number of aliphatic carboxylic acids is 2. The van der Waals surface area contributed by atoms with Crippen molar-refractivity contribution in [2.24, 2.45) is 16.8 Å². The maximum absolute atomic E-state index is 10.3. The molecule has 0 aliphatic carbocycles. The van der Waals surface area contributed by atoms with Gasteiger partial charge in [0.1, 0.15) is 12.1 Å². The predicted molar refractivity (Wildman–Crippen MR) is 154 cm³/mol. The van der Waals surface area contributed by atoms with Gasteiger partial charge >= 0.3 is 47.5 Å². The standard InChI is InChI=1S/C5H10O3.2C4H9NO2.C4H8O3.2CH4O.Cl2OS.HNO2.H3N.Na/c1-3-4(6)5(7)8-2;1-2-3(6)4(5)7;2*1-2-3(5)4(6)7;2*1-2;1-4(2)3;2-1-3;;/h4,6H,3H2,1-2H3;3,6H,2H2,1H3,(H2,5,7);3H,2,5H2,1H3,(H,6,7);3,5H,2H2,1H3,(H,6,7);2*2H,1H3;;(H,2,3);1H3;/q;;;;;;;;;+1/p-1. The van der Waals surface area contributed by atoms with Crippen LogP contribution in [0.15, 0.2) is 5.34 Å². The van der Waals surface area contributed by atoms with E-state index in [9.17, 15) is 19.2 Å². The second-order valence-electron chi connectivity index (χ2n) is 5.65. The Morgan fingerprint density at radius 3 is 1.12 bits per heavy atom. The maximum atomic E-state index is 10.3. The largest absolute Gasteiger partial charge is 1.00 e. The van der Waals surface area contributed by atoms with E-state index in [0.717, 1.165) is 19.6 Å². The van der Waals surface area contributed by atoms with Crippen molar-refractivity contribution in [3.8, 4) is 0 Å². The molecule has 42 heavy (non-hydrogen) atoms. The van der Waals surface area contributed by atoms with Crippen LogP contribution in [0.4, 0.5) is 0 Å². The first-order valence-electron chi connectivity index (χ1n) is 10.6. The van der Waals surface area contributed by atoms with E-state index in [1.54, 1.807) is 27.7 Å². The van der Waals surface area contributed by atoms with Crippen molar-refractivity contribution in [1.82, 2.24) is 6.15 Å². The average Bonchev–Trinajstić information content (AvgIpc) is 2.93. The van der Waals surface area contributed by atoms with Gasteiger partial charge in [0.2, 0.25) is 15.1 Å². The molecule has 0 saturated heterocycles. The van der Waals surface area contributed by atoms with Gasteiger partial charge in [-0.3, -0.25) is 9.59 Å². The minimum Gasteiger partial charge on any atom is -0.480 e. The number of carboxylic acid groups (broad SMARTS) is 2. The number of aliphatic hydroxyl groups excluding tert-OH is 5. The van der Waals surface area contributed by atoms with Crippen molar-refractivity contribution >= 4 is 54.4 Å². The van der Waals surface area contributed by atoms with Crippen LogP contribution in [0, 0.1) is 10.1 Å². The molecule has 0 aromatic carbocycles. The number of hydrogen-bond donors (Lipinski definition) is 10. The number of primary amides is 1. The summed E-state index contributed by atoms with van der Waals surface area (Å²) in [6.07, 6.45) is -1.51. The Morgan fingerprint density at radius 2 is 1.10 bits per heavy atom. The fourth-order valence-electron chi connectivity index (χ4n) is 0.853. The molecule has 14 N–H and O–H groups in total. The number of nitrogens with two attached hydrogens (primary N) is 2. The molecule has 0 aromatic heterocycles. The number of ether oxygens (including phenoxy) is 1. The number of carboxylic acids is 2. The van der Waals surface area contributed by atoms with E-state index in [1.807, 2.05) is 0 Å². The van der Waals surface area contributed by atoms with E-state index in [-0.39, 0.29) is 42.1 Å². The molecule has 19 nitrogen and oxygen atoms in total. The van der Waals surface area contributed by atoms with Gasteiger partial charge in [0.25, 0.3) is 0 Å². The smallest absolute Gasteiger partial charge is 0.480 e. The molecular weight excluding hydrogens is 650 g/mol. The van der Waals surface area contributed by atoms with Crippen molar-refractivity contribution < 1.29 is 93.4 Å². The Hall–Kier alpha value is -1.27. The summed E-state index contributed by atoms with van der Waals surface area (Å²) in [6.45, 7) is 6.74. The zero-order valence-corrected chi connectivity index (χ0v) is 29.3. The fourth-order valence-corrected chi connectivity index (χ4v) is 0.853. The monoisotopic (exact) mass is 696 g/mol. The Labute approximate surface area is 278 Å². The predicted octanol–water partition coefficient (Wildman–Crippen LogP) is -3.50. The van der Waals surface area contributed by atoms with Gasteiger partial charge in [0.05, 0.1) is 7.11 Å². The number of nitrogens with zero attached hydrogens (tertiary/aromatic N) is 1. The quantitative estimate of drug-likeness (QED) is 0.0386. The SMILES string of the molecule is CCC(N)C(=O)O.CCC(O)C(=O)O.CCC(O)C(=O)OC.CCC(O)C(N)=O.CO.CO.N.O=N[O-].O=S(Cl)Cl.[Na+]. The van der Waals surface area contributed by atoms with Gasteiger partial charge in [0, 0.05) is 35.6 Å². The van der Waals surface area contributed by atoms with E-state index in [0.29, 0.717) is 19.3 Å². The molecule has 0 saturated carbocycles. The van der Waals surface area contributed by atoms with Crippen LogP contribution in [0.5, 0.6) is 0 Å². The molecule has 254 valence electrons. The van der Waals surface area contributed by atoms with Crippen molar-refractivity contribution in [2.75, 3.05) is 21.3 Å². The summed E-state index contributed by atoms with van der Waals surface area (Å²) in [7, 11) is 10.6. The third kappa shape index (κ3) is 90.2. The molecule has 0 aliphatic rings. The van der Waals surface area contributed by atoms with Crippen LogP contribution < -0.4 is 47.2 Å². The fraction of sp³-hybridized carbons (Fsp3) is 0.789. The summed E-state index contributed by atoms with van der Waals surface area (Å²) in [5.41, 5.74) is 9.67. The number of halogens is 2. The number of amides is 1. The molecule has 1 amide bonds. The van der Waals surface area contributed by atoms with Crippen LogP contribution in [0.1, 0.15) is 53.4 Å². The molecule has 0 spiro atoms. The van der Waals surface area contributed by atoms with Gasteiger partial charge in [0.15, 0.2) is 12.2 Å². The summed E-state index contributed by atoms with van der Waals surface area (Å²) in [4.78, 5) is 47.7. The molecule has 0 radical (unpaired) electrons. The van der Waals surface area contributed by atoms with Crippen LogP contribution >= 0.6 is 21.4 Å². The van der Waals surface area contributed by atoms with Gasteiger partial charge in [-0.2, -0.15) is 0 Å². The summed E-state index contributed by atoms with van der Waals surface area (Å²) in [5.74, 6) is -3.29. The Balaban J connectivity index is -0.0000000360. The van der Waals surface area contributed by atoms with Gasteiger partial charge in [-0.15, -0.1) is 5.34 Å². The second kappa shape index (κ2) is 59.2. The summed E-state index contributed by atoms with van der Waals surface area (Å²) >= 11 is 0. The third-order valence-electron chi connectivity index (χ3n) is 3.00. The van der Waals surface area contributed by atoms with E-state index >= 15 is 0 Å². The molecule has 0 fully saturated rings. The minimum atomic E-state index is -1.67. The van der Waals surface area contributed by atoms with Gasteiger partial charge in [-0.05, 0) is 25.7 Å². The molecule has 4 unspecified atom stereocenters. The topological polar surface area (TPSA) is 376 Å². The first-order valence-corrected chi connectivity index (χ1v) is 13.4. The first-order chi connectivity index (χ1) is 18.4. The maximum Gasteiger partial charge on any atom is 1.00 e. The summed E-state index contributed by atoms with van der Waals surface area (Å²) in [5, 5.41) is 64.4. The van der Waals surface area contributed by atoms with E-state index in [4.69, 9.17) is 55.8 Å². The van der Waals surface area contributed by atoms with Crippen LogP contribution in [0.2, 0.25) is 0 Å². The van der Waals surface area contributed by atoms with Crippen LogP contribution in [0.25, 0.3) is 0 Å². The number of rotatable bonds is 8. The molecule has 0 aromatic rings. The van der Waals surface area contributed by atoms with E-state index < -0.39 is 57.4 Å². The molecule has 0 aliphatic heterocycles. The molecule has 0 heterocycles. The Morgan fingerprint density at radius 1 is 0.833 bits per heavy atom. The number of methoxy groups -OCH3 is 1. The molecule has 0 bridgehead atoms. The van der Waals surface area contributed by atoms with Crippen molar-refractivity contribution in [2.45, 2.75) is 77.7 Å². The van der Waals surface area contributed by atoms with Crippen molar-refractivity contribution in [3.63, 3.8) is 0 Å². The number of hydrogen-bond acceptors (Lipinski definition) is 16. The number of esters is 1. The summed E-state index contributed by atoms with van der Waals surface area (Å²) < 4.78 is 13.3. The number of carbonyl (C=O) groups excluding carboxylic acids is 2. The van der Waals surface area contributed by atoms with Gasteiger partial charge < -0.3 is 68.2 Å². The molecule has 0 rings (SSSR count).